The first-order chi connectivity index (χ1) is 9.45. The molecule has 0 atom stereocenters. The minimum absolute atomic E-state index is 0.209. The summed E-state index contributed by atoms with van der Waals surface area (Å²) in [7, 11) is 1.70. The van der Waals surface area contributed by atoms with Gasteiger partial charge in [-0.2, -0.15) is 4.98 Å². The Morgan fingerprint density at radius 1 is 1.35 bits per heavy atom. The van der Waals surface area contributed by atoms with Gasteiger partial charge >= 0.3 is 0 Å². The molecule has 0 aliphatic heterocycles. The number of thiophene rings is 1. The average molecular weight is 315 g/mol. The van der Waals surface area contributed by atoms with E-state index in [0.29, 0.717) is 12.5 Å². The van der Waals surface area contributed by atoms with Crippen LogP contribution in [0.1, 0.15) is 32.1 Å². The molecule has 0 amide bonds. The van der Waals surface area contributed by atoms with E-state index in [-0.39, 0.29) is 10.9 Å². The Balaban J connectivity index is 2.18. The molecule has 0 radical (unpaired) electrons. The van der Waals surface area contributed by atoms with Gasteiger partial charge in [0.1, 0.15) is 4.83 Å². The van der Waals surface area contributed by atoms with Crippen molar-refractivity contribution in [1.82, 2.24) is 9.97 Å². The number of hydrogen-bond acceptors (Lipinski definition) is 5. The van der Waals surface area contributed by atoms with Crippen LogP contribution in [0.4, 0.5) is 0 Å². The normalized spacial score (nSPS) is 12.1. The molecular weight excluding hydrogens is 296 g/mol. The second-order valence-electron chi connectivity index (χ2n) is 5.15. The third-order valence-corrected chi connectivity index (χ3v) is 4.57. The Hall–Kier alpha value is -0.910. The maximum atomic E-state index is 5.95. The monoisotopic (exact) mass is 314 g/mol. The molecule has 0 aliphatic rings. The predicted molar refractivity (Wildman–Crippen MR) is 83.0 cm³/mol. The third kappa shape index (κ3) is 3.59. The standard InChI is InChI=1S/C14H19ClN2O2S/c1-5-9-8-10-11(16-13(15)17-12(10)20-9)19-7-6-14(2,3)18-4/h8H,5-7H2,1-4H3. The maximum Gasteiger partial charge on any atom is 0.227 e. The molecule has 20 heavy (non-hydrogen) atoms. The number of ether oxygens (including phenoxy) is 2. The summed E-state index contributed by atoms with van der Waals surface area (Å²) >= 11 is 7.58. The molecule has 0 aliphatic carbocycles. The van der Waals surface area contributed by atoms with E-state index >= 15 is 0 Å². The lowest BCUT2D eigenvalue weighted by atomic mass is 10.1. The van der Waals surface area contributed by atoms with Gasteiger partial charge in [0, 0.05) is 18.4 Å². The van der Waals surface area contributed by atoms with Crippen LogP contribution in [0.2, 0.25) is 5.28 Å². The number of halogens is 1. The molecule has 110 valence electrons. The summed E-state index contributed by atoms with van der Waals surface area (Å²) in [6, 6.07) is 2.08. The van der Waals surface area contributed by atoms with Gasteiger partial charge in [-0.25, -0.2) is 4.98 Å². The number of methoxy groups -OCH3 is 1. The van der Waals surface area contributed by atoms with Crippen molar-refractivity contribution in [3.8, 4) is 5.88 Å². The predicted octanol–water partition coefficient (Wildman–Crippen LogP) is 4.10. The van der Waals surface area contributed by atoms with Crippen LogP contribution in [0, 0.1) is 0 Å². The summed E-state index contributed by atoms with van der Waals surface area (Å²) in [5, 5.41) is 1.16. The van der Waals surface area contributed by atoms with Gasteiger partial charge in [-0.05, 0) is 37.9 Å². The summed E-state index contributed by atoms with van der Waals surface area (Å²) in [4.78, 5) is 10.6. The highest BCUT2D eigenvalue weighted by molar-refractivity contribution is 7.18. The van der Waals surface area contributed by atoms with E-state index in [1.54, 1.807) is 18.4 Å². The highest BCUT2D eigenvalue weighted by Gasteiger charge is 2.17. The fourth-order valence-electron chi connectivity index (χ4n) is 1.70. The molecule has 2 rings (SSSR count). The van der Waals surface area contributed by atoms with Crippen molar-refractivity contribution in [2.24, 2.45) is 0 Å². The summed E-state index contributed by atoms with van der Waals surface area (Å²) in [5.74, 6) is 0.558. The molecule has 0 N–H and O–H groups in total. The first-order valence-electron chi connectivity index (χ1n) is 6.59. The topological polar surface area (TPSA) is 44.2 Å². The van der Waals surface area contributed by atoms with E-state index < -0.39 is 0 Å². The van der Waals surface area contributed by atoms with Gasteiger partial charge in [0.15, 0.2) is 0 Å². The summed E-state index contributed by atoms with van der Waals surface area (Å²) in [6.07, 6.45) is 1.74. The van der Waals surface area contributed by atoms with Gasteiger partial charge in [0.25, 0.3) is 0 Å². The number of nitrogens with zero attached hydrogens (tertiary/aromatic N) is 2. The van der Waals surface area contributed by atoms with Gasteiger partial charge in [0.2, 0.25) is 11.2 Å². The summed E-state index contributed by atoms with van der Waals surface area (Å²) in [6.45, 7) is 6.69. The van der Waals surface area contributed by atoms with E-state index in [2.05, 4.69) is 23.0 Å². The molecular formula is C14H19ClN2O2S. The van der Waals surface area contributed by atoms with Gasteiger partial charge in [0.05, 0.1) is 17.6 Å². The van der Waals surface area contributed by atoms with Crippen molar-refractivity contribution in [3.05, 3.63) is 16.2 Å². The molecule has 0 saturated carbocycles. The van der Waals surface area contributed by atoms with Crippen LogP contribution < -0.4 is 4.74 Å². The first-order valence-corrected chi connectivity index (χ1v) is 7.78. The Bertz CT molecular complexity index is 598. The Labute approximate surface area is 128 Å². The van der Waals surface area contributed by atoms with Gasteiger partial charge in [-0.1, -0.05) is 6.92 Å². The quantitative estimate of drug-likeness (QED) is 0.753. The lowest BCUT2D eigenvalue weighted by molar-refractivity contribution is 0.00522. The van der Waals surface area contributed by atoms with E-state index in [4.69, 9.17) is 21.1 Å². The van der Waals surface area contributed by atoms with Crippen molar-refractivity contribution >= 4 is 33.2 Å². The minimum atomic E-state index is -0.209. The molecule has 0 bridgehead atoms. The highest BCUT2D eigenvalue weighted by atomic mass is 35.5. The number of rotatable bonds is 6. The molecule has 4 nitrogen and oxygen atoms in total. The van der Waals surface area contributed by atoms with E-state index in [1.165, 1.54) is 4.88 Å². The lowest BCUT2D eigenvalue weighted by Crippen LogP contribution is -2.25. The fourth-order valence-corrected chi connectivity index (χ4v) is 2.87. The summed E-state index contributed by atoms with van der Waals surface area (Å²) in [5.41, 5.74) is -0.209. The van der Waals surface area contributed by atoms with Crippen LogP contribution in [0.5, 0.6) is 5.88 Å². The maximum absolute atomic E-state index is 5.95. The second-order valence-corrected chi connectivity index (χ2v) is 6.60. The number of aryl methyl sites for hydroxylation is 1. The van der Waals surface area contributed by atoms with Crippen LogP contribution in [0.15, 0.2) is 6.07 Å². The van der Waals surface area contributed by atoms with Crippen LogP contribution in [0.25, 0.3) is 10.2 Å². The van der Waals surface area contributed by atoms with Crippen molar-refractivity contribution in [1.29, 1.82) is 0 Å². The van der Waals surface area contributed by atoms with E-state index in [9.17, 15) is 0 Å². The number of aromatic nitrogens is 2. The van der Waals surface area contributed by atoms with Gasteiger partial charge < -0.3 is 9.47 Å². The third-order valence-electron chi connectivity index (χ3n) is 3.23. The Morgan fingerprint density at radius 2 is 2.10 bits per heavy atom. The number of hydrogen-bond donors (Lipinski definition) is 0. The highest BCUT2D eigenvalue weighted by Crippen LogP contribution is 2.31. The second kappa shape index (κ2) is 6.24. The first kappa shape index (κ1) is 15.5. The van der Waals surface area contributed by atoms with Crippen molar-refractivity contribution in [3.63, 3.8) is 0 Å². The molecule has 6 heteroatoms. The Morgan fingerprint density at radius 3 is 2.75 bits per heavy atom. The van der Waals surface area contributed by atoms with E-state index in [0.717, 1.165) is 23.1 Å². The fraction of sp³-hybridized carbons (Fsp3) is 0.571. The molecule has 2 heterocycles. The largest absolute Gasteiger partial charge is 0.477 e. The van der Waals surface area contributed by atoms with Gasteiger partial charge in [-0.15, -0.1) is 11.3 Å². The molecule has 0 unspecified atom stereocenters. The zero-order chi connectivity index (χ0) is 14.8. The summed E-state index contributed by atoms with van der Waals surface area (Å²) < 4.78 is 11.2. The average Bonchev–Trinajstić information content (AvgIpc) is 2.81. The molecule has 2 aromatic heterocycles. The molecule has 2 aromatic rings. The van der Waals surface area contributed by atoms with Crippen molar-refractivity contribution < 1.29 is 9.47 Å². The van der Waals surface area contributed by atoms with Crippen LogP contribution >= 0.6 is 22.9 Å². The zero-order valence-corrected chi connectivity index (χ0v) is 13.8. The Kier molecular flexibility index (Phi) is 4.83. The lowest BCUT2D eigenvalue weighted by Gasteiger charge is -2.22. The van der Waals surface area contributed by atoms with Gasteiger partial charge in [-0.3, -0.25) is 0 Å². The van der Waals surface area contributed by atoms with Crippen molar-refractivity contribution in [2.45, 2.75) is 39.2 Å². The van der Waals surface area contributed by atoms with Crippen molar-refractivity contribution in [2.75, 3.05) is 13.7 Å². The van der Waals surface area contributed by atoms with E-state index in [1.807, 2.05) is 13.8 Å². The molecule has 0 fully saturated rings. The van der Waals surface area contributed by atoms with Crippen LogP contribution in [-0.4, -0.2) is 29.3 Å². The minimum Gasteiger partial charge on any atom is -0.477 e. The molecule has 0 spiro atoms. The SMILES string of the molecule is CCc1cc2c(OCCC(C)(C)OC)nc(Cl)nc2s1. The zero-order valence-electron chi connectivity index (χ0n) is 12.2. The number of fused-ring (bicyclic) bond motifs is 1. The van der Waals surface area contributed by atoms with Crippen LogP contribution in [-0.2, 0) is 11.2 Å². The molecule has 0 aromatic carbocycles. The molecule has 0 saturated heterocycles. The van der Waals surface area contributed by atoms with Crippen LogP contribution in [0.3, 0.4) is 0 Å². The smallest absolute Gasteiger partial charge is 0.227 e.